The zero-order chi connectivity index (χ0) is 21.5. The van der Waals surface area contributed by atoms with E-state index in [2.05, 4.69) is 14.7 Å². The molecule has 0 aliphatic carbocycles. The van der Waals surface area contributed by atoms with E-state index in [0.717, 1.165) is 18.0 Å². The van der Waals surface area contributed by atoms with Gasteiger partial charge in [-0.1, -0.05) is 25.1 Å². The van der Waals surface area contributed by atoms with Gasteiger partial charge in [-0.25, -0.2) is 9.37 Å². The molecule has 6 nitrogen and oxygen atoms in total. The molecule has 0 fully saturated rings. The van der Waals surface area contributed by atoms with Gasteiger partial charge in [0.1, 0.15) is 17.4 Å². The standard InChI is InChI=1S/C22H25FN4O2S/c1-3-16(24)13-19(21(28)14-8-10-17(29-2)11-9-14)25-22-26-20(27-30-22)12-15-6-4-5-7-18(15)23/h4-11,16,19H,3,12-13,24H2,1-2H3,(H,25,26,27). The van der Waals surface area contributed by atoms with E-state index < -0.39 is 6.04 Å². The molecule has 0 spiro atoms. The zero-order valence-corrected chi connectivity index (χ0v) is 17.8. The van der Waals surface area contributed by atoms with Crippen molar-refractivity contribution in [3.63, 3.8) is 0 Å². The molecule has 0 saturated heterocycles. The van der Waals surface area contributed by atoms with E-state index in [1.165, 1.54) is 6.07 Å². The molecule has 0 aliphatic rings. The van der Waals surface area contributed by atoms with Crippen molar-refractivity contribution in [3.05, 3.63) is 71.3 Å². The first-order valence-electron chi connectivity index (χ1n) is 9.76. The van der Waals surface area contributed by atoms with E-state index in [4.69, 9.17) is 10.5 Å². The van der Waals surface area contributed by atoms with Gasteiger partial charge in [0.05, 0.1) is 13.2 Å². The summed E-state index contributed by atoms with van der Waals surface area (Å²) in [6, 6.07) is 12.8. The Morgan fingerprint density at radius 2 is 1.97 bits per heavy atom. The number of halogens is 1. The third-order valence-electron chi connectivity index (χ3n) is 4.83. The van der Waals surface area contributed by atoms with Crippen LogP contribution in [0.15, 0.2) is 48.5 Å². The number of hydrogen-bond donors (Lipinski definition) is 2. The molecular weight excluding hydrogens is 403 g/mol. The predicted octanol–water partition coefficient (Wildman–Crippen LogP) is 4.07. The summed E-state index contributed by atoms with van der Waals surface area (Å²) in [5.41, 5.74) is 7.22. The average Bonchev–Trinajstić information content (AvgIpc) is 3.21. The highest BCUT2D eigenvalue weighted by molar-refractivity contribution is 7.09. The number of carbonyl (C=O) groups is 1. The normalized spacial score (nSPS) is 12.9. The van der Waals surface area contributed by atoms with Crippen LogP contribution in [0.2, 0.25) is 0 Å². The van der Waals surface area contributed by atoms with Crippen molar-refractivity contribution in [1.82, 2.24) is 9.36 Å². The van der Waals surface area contributed by atoms with Gasteiger partial charge in [-0.05, 0) is 48.7 Å². The lowest BCUT2D eigenvalue weighted by Crippen LogP contribution is -2.36. The second-order valence-corrected chi connectivity index (χ2v) is 7.73. The number of anilines is 1. The summed E-state index contributed by atoms with van der Waals surface area (Å²) in [6.45, 7) is 1.98. The van der Waals surface area contributed by atoms with Crippen LogP contribution in [0.4, 0.5) is 9.52 Å². The fourth-order valence-electron chi connectivity index (χ4n) is 3.00. The first-order chi connectivity index (χ1) is 14.5. The van der Waals surface area contributed by atoms with Crippen LogP contribution in [0, 0.1) is 5.82 Å². The quantitative estimate of drug-likeness (QED) is 0.473. The Labute approximate surface area is 179 Å². The van der Waals surface area contributed by atoms with E-state index in [-0.39, 0.29) is 24.1 Å². The van der Waals surface area contributed by atoms with Crippen LogP contribution in [-0.4, -0.2) is 34.3 Å². The van der Waals surface area contributed by atoms with Gasteiger partial charge in [-0.3, -0.25) is 4.79 Å². The third kappa shape index (κ3) is 5.61. The number of nitrogens with zero attached hydrogens (tertiary/aromatic N) is 2. The highest BCUT2D eigenvalue weighted by atomic mass is 32.1. The molecule has 8 heteroatoms. The van der Waals surface area contributed by atoms with Crippen molar-refractivity contribution in [2.45, 2.75) is 38.3 Å². The summed E-state index contributed by atoms with van der Waals surface area (Å²) >= 11 is 1.15. The van der Waals surface area contributed by atoms with E-state index >= 15 is 0 Å². The van der Waals surface area contributed by atoms with E-state index in [0.29, 0.717) is 34.3 Å². The number of rotatable bonds is 10. The third-order valence-corrected chi connectivity index (χ3v) is 5.51. The van der Waals surface area contributed by atoms with Crippen LogP contribution in [0.1, 0.15) is 41.5 Å². The minimum atomic E-state index is -0.539. The second kappa shape index (κ2) is 10.3. The number of ketones is 1. The van der Waals surface area contributed by atoms with E-state index in [9.17, 15) is 9.18 Å². The summed E-state index contributed by atoms with van der Waals surface area (Å²) in [4.78, 5) is 17.5. The number of nitrogens with two attached hydrogens (primary N) is 1. The van der Waals surface area contributed by atoms with Crippen molar-refractivity contribution < 1.29 is 13.9 Å². The highest BCUT2D eigenvalue weighted by Crippen LogP contribution is 2.21. The lowest BCUT2D eigenvalue weighted by atomic mass is 9.97. The van der Waals surface area contributed by atoms with Crippen LogP contribution in [0.5, 0.6) is 5.75 Å². The molecule has 2 unspecified atom stereocenters. The fraction of sp³-hybridized carbons (Fsp3) is 0.318. The molecule has 0 saturated carbocycles. The van der Waals surface area contributed by atoms with Gasteiger partial charge in [-0.2, -0.15) is 4.37 Å². The lowest BCUT2D eigenvalue weighted by Gasteiger charge is -2.20. The predicted molar refractivity (Wildman–Crippen MR) is 117 cm³/mol. The van der Waals surface area contributed by atoms with Crippen LogP contribution in [0.25, 0.3) is 0 Å². The first-order valence-corrected chi connectivity index (χ1v) is 10.5. The van der Waals surface area contributed by atoms with Crippen LogP contribution in [0.3, 0.4) is 0 Å². The molecule has 30 heavy (non-hydrogen) atoms. The van der Waals surface area contributed by atoms with Gasteiger partial charge in [0.2, 0.25) is 5.13 Å². The summed E-state index contributed by atoms with van der Waals surface area (Å²) in [6.07, 6.45) is 1.50. The number of ether oxygens (including phenoxy) is 1. The maximum Gasteiger partial charge on any atom is 0.203 e. The fourth-order valence-corrected chi connectivity index (χ4v) is 3.64. The van der Waals surface area contributed by atoms with Gasteiger partial charge in [0.25, 0.3) is 0 Å². The van der Waals surface area contributed by atoms with Crippen molar-refractivity contribution in [3.8, 4) is 5.75 Å². The summed E-state index contributed by atoms with van der Waals surface area (Å²) in [5, 5.41) is 3.69. The largest absolute Gasteiger partial charge is 0.497 e. The van der Waals surface area contributed by atoms with Crippen LogP contribution < -0.4 is 15.8 Å². The van der Waals surface area contributed by atoms with Crippen molar-refractivity contribution in [2.24, 2.45) is 5.73 Å². The maximum absolute atomic E-state index is 13.9. The Balaban J connectivity index is 1.75. The smallest absolute Gasteiger partial charge is 0.203 e. The Hall–Kier alpha value is -2.84. The number of hydrogen-bond acceptors (Lipinski definition) is 7. The Morgan fingerprint density at radius 1 is 1.23 bits per heavy atom. The average molecular weight is 429 g/mol. The molecule has 3 aromatic rings. The Kier molecular flexibility index (Phi) is 7.48. The SMILES string of the molecule is CCC(N)CC(Nc1nc(Cc2ccccc2F)ns1)C(=O)c1ccc(OC)cc1. The highest BCUT2D eigenvalue weighted by Gasteiger charge is 2.24. The lowest BCUT2D eigenvalue weighted by molar-refractivity contribution is 0.0962. The number of aromatic nitrogens is 2. The van der Waals surface area contributed by atoms with Gasteiger partial charge in [0, 0.05) is 29.6 Å². The zero-order valence-electron chi connectivity index (χ0n) is 17.0. The van der Waals surface area contributed by atoms with Gasteiger partial charge >= 0.3 is 0 Å². The second-order valence-electron chi connectivity index (χ2n) is 6.98. The summed E-state index contributed by atoms with van der Waals surface area (Å²) < 4.78 is 23.3. The number of benzene rings is 2. The van der Waals surface area contributed by atoms with Crippen LogP contribution >= 0.6 is 11.5 Å². The molecule has 1 aromatic heterocycles. The minimum absolute atomic E-state index is 0.0765. The number of methoxy groups -OCH3 is 1. The molecule has 2 atom stereocenters. The molecule has 0 aliphatic heterocycles. The molecule has 3 N–H and O–H groups in total. The van der Waals surface area contributed by atoms with Gasteiger partial charge in [0.15, 0.2) is 5.78 Å². The van der Waals surface area contributed by atoms with Gasteiger partial charge < -0.3 is 15.8 Å². The molecule has 0 radical (unpaired) electrons. The maximum atomic E-state index is 13.9. The van der Waals surface area contributed by atoms with Crippen molar-refractivity contribution >= 4 is 22.4 Å². The first kappa shape index (κ1) is 21.9. The Morgan fingerprint density at radius 3 is 2.63 bits per heavy atom. The van der Waals surface area contributed by atoms with Gasteiger partial charge in [-0.15, -0.1) is 0 Å². The molecule has 1 heterocycles. The summed E-state index contributed by atoms with van der Waals surface area (Å²) in [5.74, 6) is 0.821. The Bertz CT molecular complexity index is 977. The monoisotopic (exact) mass is 428 g/mol. The molecule has 0 bridgehead atoms. The van der Waals surface area contributed by atoms with E-state index in [1.54, 1.807) is 49.6 Å². The number of Topliss-reactive ketones (excluding diaryl/α,β-unsaturated/α-hetero) is 1. The van der Waals surface area contributed by atoms with E-state index in [1.807, 2.05) is 6.92 Å². The molecule has 158 valence electrons. The molecule has 2 aromatic carbocycles. The van der Waals surface area contributed by atoms with Crippen molar-refractivity contribution in [1.29, 1.82) is 0 Å². The van der Waals surface area contributed by atoms with Crippen LogP contribution in [-0.2, 0) is 6.42 Å². The molecular formula is C22H25FN4O2S. The minimum Gasteiger partial charge on any atom is -0.497 e. The molecule has 3 rings (SSSR count). The number of nitrogens with one attached hydrogen (secondary N) is 1. The summed E-state index contributed by atoms with van der Waals surface area (Å²) in [7, 11) is 1.58. The molecule has 0 amide bonds. The topological polar surface area (TPSA) is 90.1 Å². The van der Waals surface area contributed by atoms with Crippen molar-refractivity contribution in [2.75, 3.05) is 12.4 Å². The number of carbonyl (C=O) groups excluding carboxylic acids is 1.